The summed E-state index contributed by atoms with van der Waals surface area (Å²) in [4.78, 5) is 11.0. The number of thiazole rings is 2. The van der Waals surface area contributed by atoms with Crippen LogP contribution >= 0.6 is 54.5 Å². The van der Waals surface area contributed by atoms with Gasteiger partial charge in [0.05, 0.1) is 20.4 Å². The Hall–Kier alpha value is -3.16. The number of aromatic nitrogens is 2. The Labute approximate surface area is 510 Å². The summed E-state index contributed by atoms with van der Waals surface area (Å²) in [7, 11) is 0. The van der Waals surface area contributed by atoms with Crippen LogP contribution < -0.4 is 0 Å². The van der Waals surface area contributed by atoms with E-state index >= 15 is 0 Å². The molecule has 2 aliphatic carbocycles. The first-order chi connectivity index (χ1) is 39.3. The molecular formula is C74H98Br2N2S2. The molecule has 0 N–H and O–H groups in total. The highest BCUT2D eigenvalue weighted by molar-refractivity contribution is 9.10. The molecule has 0 radical (unpaired) electrons. The number of benzene rings is 5. The van der Waals surface area contributed by atoms with Crippen molar-refractivity contribution in [1.82, 2.24) is 9.97 Å². The Balaban J connectivity index is 0.985. The predicted octanol–water partition coefficient (Wildman–Crippen LogP) is 26.4. The average molecular weight is 1240 g/mol. The summed E-state index contributed by atoms with van der Waals surface area (Å²) in [5, 5.41) is 2.25. The molecule has 2 heterocycles. The van der Waals surface area contributed by atoms with Crippen LogP contribution in [0.3, 0.4) is 0 Å². The van der Waals surface area contributed by atoms with Gasteiger partial charge in [-0.05, 0) is 119 Å². The molecule has 0 bridgehead atoms. The largest absolute Gasteiger partial charge is 0.236 e. The fraction of sp³-hybridized carbons (Fsp3) is 0.568. The molecule has 0 saturated heterocycles. The molecule has 430 valence electrons. The number of nitrogens with zero attached hydrogens (tertiary/aromatic N) is 2. The minimum absolute atomic E-state index is 0.0203. The molecule has 2 aromatic heterocycles. The summed E-state index contributed by atoms with van der Waals surface area (Å²) in [6.45, 7) is 9.29. The molecule has 0 spiro atoms. The molecule has 5 aromatic carbocycles. The molecule has 80 heavy (non-hydrogen) atoms. The Bertz CT molecular complexity index is 2740. The normalized spacial score (nSPS) is 13.9. The highest BCUT2D eigenvalue weighted by Crippen LogP contribution is 2.58. The van der Waals surface area contributed by atoms with E-state index in [1.54, 1.807) is 22.3 Å². The summed E-state index contributed by atoms with van der Waals surface area (Å²) < 4.78 is 4.86. The number of unbranched alkanes of at least 4 members (excludes halogenated alkanes) is 28. The number of rotatable bonds is 38. The van der Waals surface area contributed by atoms with Gasteiger partial charge in [-0.2, -0.15) is 0 Å². The quantitative estimate of drug-likeness (QED) is 0.0361. The Kier molecular flexibility index (Phi) is 23.9. The molecule has 0 saturated carbocycles. The molecule has 0 aliphatic heterocycles. The van der Waals surface area contributed by atoms with Crippen molar-refractivity contribution in [3.05, 3.63) is 116 Å². The van der Waals surface area contributed by atoms with E-state index in [9.17, 15) is 0 Å². The van der Waals surface area contributed by atoms with E-state index in [2.05, 4.69) is 144 Å². The van der Waals surface area contributed by atoms with Crippen LogP contribution in [0.1, 0.15) is 281 Å². The molecule has 0 unspecified atom stereocenters. The first-order valence-corrected chi connectivity index (χ1v) is 36.2. The van der Waals surface area contributed by atoms with Crippen molar-refractivity contribution >= 4 is 75.0 Å². The standard InChI is InChI=1S/C74H98Br2N2S2/c1-5-9-13-17-21-25-29-33-45-73(46-34-30-26-22-18-14-10-6-2)63-49-55(37-41-59(63)61-43-39-57(75)51-65(61)73)71-77-67-53-70-68(54-69(67)79-71)78-72(80-70)56-38-42-60-62-44-40-58(76)52-66(62)74(64(60)50-56,47-35-31-27-23-19-15-11-7-3)48-36-32-28-24-20-16-12-8-4/h37-44,49-54H,5-36,45-48H2,1-4H3. The first-order valence-electron chi connectivity index (χ1n) is 32.9. The second kappa shape index (κ2) is 31.1. The Morgan fingerprint density at radius 1 is 0.312 bits per heavy atom. The maximum Gasteiger partial charge on any atom is 0.124 e. The summed E-state index contributed by atoms with van der Waals surface area (Å²) >= 11 is 11.6. The van der Waals surface area contributed by atoms with E-state index in [-0.39, 0.29) is 10.8 Å². The van der Waals surface area contributed by atoms with E-state index in [4.69, 9.17) is 9.97 Å². The summed E-state index contributed by atoms with van der Waals surface area (Å²) in [5.74, 6) is 0. The van der Waals surface area contributed by atoms with Gasteiger partial charge in [-0.1, -0.05) is 301 Å². The van der Waals surface area contributed by atoms with Crippen molar-refractivity contribution in [1.29, 1.82) is 0 Å². The lowest BCUT2D eigenvalue weighted by Gasteiger charge is -2.33. The zero-order chi connectivity index (χ0) is 55.6. The van der Waals surface area contributed by atoms with Gasteiger partial charge in [0.1, 0.15) is 10.0 Å². The number of hydrogen-bond acceptors (Lipinski definition) is 4. The molecular weight excluding hydrogens is 1140 g/mol. The fourth-order valence-electron chi connectivity index (χ4n) is 14.4. The minimum Gasteiger partial charge on any atom is -0.236 e. The fourth-order valence-corrected chi connectivity index (χ4v) is 17.0. The van der Waals surface area contributed by atoms with E-state index in [0.717, 1.165) is 21.0 Å². The van der Waals surface area contributed by atoms with Gasteiger partial charge in [0.25, 0.3) is 0 Å². The number of hydrogen-bond donors (Lipinski definition) is 0. The third kappa shape index (κ3) is 15.0. The van der Waals surface area contributed by atoms with Gasteiger partial charge in [0, 0.05) is 30.9 Å². The van der Waals surface area contributed by atoms with Crippen LogP contribution in [0.5, 0.6) is 0 Å². The van der Waals surface area contributed by atoms with Crippen molar-refractivity contribution in [3.63, 3.8) is 0 Å². The van der Waals surface area contributed by atoms with Crippen molar-refractivity contribution < 1.29 is 0 Å². The van der Waals surface area contributed by atoms with E-state index in [1.165, 1.54) is 283 Å². The predicted molar refractivity (Wildman–Crippen MR) is 360 cm³/mol. The molecule has 0 fully saturated rings. The monoisotopic (exact) mass is 1240 g/mol. The van der Waals surface area contributed by atoms with Gasteiger partial charge in [0.15, 0.2) is 0 Å². The third-order valence-electron chi connectivity index (χ3n) is 18.9. The van der Waals surface area contributed by atoms with Gasteiger partial charge in [-0.15, -0.1) is 22.7 Å². The lowest BCUT2D eigenvalue weighted by molar-refractivity contribution is 0.397. The van der Waals surface area contributed by atoms with Gasteiger partial charge < -0.3 is 0 Å². The molecule has 0 atom stereocenters. The second-order valence-electron chi connectivity index (χ2n) is 24.8. The zero-order valence-corrected chi connectivity index (χ0v) is 54.8. The van der Waals surface area contributed by atoms with Crippen LogP contribution in [0, 0.1) is 0 Å². The Morgan fingerprint density at radius 2 is 0.575 bits per heavy atom. The first kappa shape index (κ1) is 61.4. The lowest BCUT2D eigenvalue weighted by Crippen LogP contribution is -2.25. The van der Waals surface area contributed by atoms with Crippen molar-refractivity contribution in [2.45, 2.75) is 270 Å². The van der Waals surface area contributed by atoms with Crippen molar-refractivity contribution in [2.24, 2.45) is 0 Å². The molecule has 2 aliphatic rings. The van der Waals surface area contributed by atoms with Crippen LogP contribution in [-0.4, -0.2) is 9.97 Å². The van der Waals surface area contributed by atoms with Crippen LogP contribution in [0.2, 0.25) is 0 Å². The van der Waals surface area contributed by atoms with E-state index in [1.807, 2.05) is 22.7 Å². The van der Waals surface area contributed by atoms with Gasteiger partial charge in [-0.3, -0.25) is 0 Å². The minimum atomic E-state index is 0.0203. The topological polar surface area (TPSA) is 25.8 Å². The highest BCUT2D eigenvalue weighted by atomic mass is 79.9. The summed E-state index contributed by atoms with van der Waals surface area (Å²) in [5.41, 5.74) is 16.7. The van der Waals surface area contributed by atoms with Gasteiger partial charge in [0.2, 0.25) is 0 Å². The second-order valence-corrected chi connectivity index (χ2v) is 28.7. The SMILES string of the molecule is CCCCCCCCCCC1(CCCCCCCCCC)c2cc(Br)ccc2-c2ccc(-c3nc4cc5sc(-c6ccc7c(c6)C(CCCCCCCCCC)(CCCCCCCCCC)c6cc(Br)ccc6-7)nc5cc4s3)cc21. The zero-order valence-electron chi connectivity index (χ0n) is 50.0. The summed E-state index contributed by atoms with van der Waals surface area (Å²) in [6, 6.07) is 33.8. The van der Waals surface area contributed by atoms with Gasteiger partial charge >= 0.3 is 0 Å². The summed E-state index contributed by atoms with van der Waals surface area (Å²) in [6.07, 6.45) is 48.1. The highest BCUT2D eigenvalue weighted by Gasteiger charge is 2.44. The molecule has 0 amide bonds. The Morgan fingerprint density at radius 3 is 0.875 bits per heavy atom. The number of fused-ring (bicyclic) bond motifs is 8. The lowest BCUT2D eigenvalue weighted by atomic mass is 9.70. The van der Waals surface area contributed by atoms with Crippen LogP contribution in [0.15, 0.2) is 93.9 Å². The number of halogens is 2. The molecule has 6 heteroatoms. The average Bonchev–Trinajstić information content (AvgIpc) is 4.42. The smallest absolute Gasteiger partial charge is 0.124 e. The van der Waals surface area contributed by atoms with Crippen LogP contribution in [0.25, 0.3) is 63.8 Å². The van der Waals surface area contributed by atoms with Crippen LogP contribution in [0.4, 0.5) is 0 Å². The van der Waals surface area contributed by atoms with Gasteiger partial charge in [-0.25, -0.2) is 9.97 Å². The maximum atomic E-state index is 5.49. The van der Waals surface area contributed by atoms with Crippen molar-refractivity contribution in [3.8, 4) is 43.4 Å². The molecule has 2 nitrogen and oxygen atoms in total. The van der Waals surface area contributed by atoms with E-state index in [0.29, 0.717) is 0 Å². The maximum absolute atomic E-state index is 5.49. The third-order valence-corrected chi connectivity index (χ3v) is 22.0. The van der Waals surface area contributed by atoms with E-state index < -0.39 is 0 Å². The molecule has 9 rings (SSSR count). The van der Waals surface area contributed by atoms with Crippen LogP contribution in [-0.2, 0) is 10.8 Å². The molecule has 7 aromatic rings. The van der Waals surface area contributed by atoms with Crippen molar-refractivity contribution in [2.75, 3.05) is 0 Å².